The largest absolute Gasteiger partial charge is 0.493 e. The van der Waals surface area contributed by atoms with Crippen molar-refractivity contribution in [3.05, 3.63) is 77.2 Å². The zero-order chi connectivity index (χ0) is 18.8. The molecule has 2 amide bonds. The number of imide groups is 1. The molecular formula is C22H17NO3S. The highest BCUT2D eigenvalue weighted by Gasteiger charge is 2.36. The molecule has 0 aromatic heterocycles. The Labute approximate surface area is 161 Å². The zero-order valence-electron chi connectivity index (χ0n) is 14.7. The summed E-state index contributed by atoms with van der Waals surface area (Å²) in [7, 11) is 0. The minimum Gasteiger partial charge on any atom is -0.493 e. The van der Waals surface area contributed by atoms with Gasteiger partial charge in [0.25, 0.3) is 11.1 Å². The minimum atomic E-state index is -0.313. The maximum Gasteiger partial charge on any atom is 0.298 e. The summed E-state index contributed by atoms with van der Waals surface area (Å²) in [5.74, 6) is 0.384. The van der Waals surface area contributed by atoms with E-state index in [0.717, 1.165) is 28.1 Å². The van der Waals surface area contributed by atoms with Gasteiger partial charge in [-0.2, -0.15) is 0 Å². The van der Waals surface area contributed by atoms with E-state index in [9.17, 15) is 9.59 Å². The summed E-state index contributed by atoms with van der Waals surface area (Å²) < 4.78 is 5.77. The monoisotopic (exact) mass is 375 g/mol. The quantitative estimate of drug-likeness (QED) is 0.567. The smallest absolute Gasteiger partial charge is 0.298 e. The van der Waals surface area contributed by atoms with Crippen molar-refractivity contribution in [3.63, 3.8) is 0 Å². The zero-order valence-corrected chi connectivity index (χ0v) is 15.5. The van der Waals surface area contributed by atoms with Crippen LogP contribution in [0.3, 0.4) is 0 Å². The Bertz CT molecular complexity index is 1060. The van der Waals surface area contributed by atoms with Crippen molar-refractivity contribution in [2.24, 2.45) is 0 Å². The lowest BCUT2D eigenvalue weighted by molar-refractivity contribution is -0.113. The molecule has 134 valence electrons. The molecule has 4 nitrogen and oxygen atoms in total. The van der Waals surface area contributed by atoms with E-state index in [-0.39, 0.29) is 11.1 Å². The van der Waals surface area contributed by atoms with Crippen molar-refractivity contribution in [1.82, 2.24) is 0 Å². The molecule has 1 heterocycles. The molecule has 27 heavy (non-hydrogen) atoms. The van der Waals surface area contributed by atoms with Crippen molar-refractivity contribution in [2.75, 3.05) is 11.5 Å². The van der Waals surface area contributed by atoms with E-state index in [1.54, 1.807) is 30.3 Å². The second-order valence-electron chi connectivity index (χ2n) is 5.98. The van der Waals surface area contributed by atoms with Crippen LogP contribution in [0.5, 0.6) is 5.75 Å². The average molecular weight is 375 g/mol. The predicted molar refractivity (Wildman–Crippen MR) is 110 cm³/mol. The van der Waals surface area contributed by atoms with Gasteiger partial charge in [-0.3, -0.25) is 9.59 Å². The van der Waals surface area contributed by atoms with E-state index in [2.05, 4.69) is 0 Å². The maximum absolute atomic E-state index is 12.9. The molecule has 1 saturated heterocycles. The average Bonchev–Trinajstić information content (AvgIpc) is 2.97. The molecule has 0 bridgehead atoms. The van der Waals surface area contributed by atoms with Gasteiger partial charge in [-0.05, 0) is 53.7 Å². The number of nitrogens with zero attached hydrogens (tertiary/aromatic N) is 1. The SMILES string of the molecule is CCOc1ccc2ccccc2c1/C=C1\SC(=O)N(c2ccccc2)C1=O. The highest BCUT2D eigenvalue weighted by atomic mass is 32.2. The van der Waals surface area contributed by atoms with Gasteiger partial charge < -0.3 is 4.74 Å². The van der Waals surface area contributed by atoms with E-state index in [4.69, 9.17) is 4.74 Å². The first-order chi connectivity index (χ1) is 13.2. The first-order valence-electron chi connectivity index (χ1n) is 8.66. The van der Waals surface area contributed by atoms with Crippen LogP contribution in [0.15, 0.2) is 71.6 Å². The number of amides is 2. The lowest BCUT2D eigenvalue weighted by atomic mass is 10.0. The van der Waals surface area contributed by atoms with Gasteiger partial charge in [-0.1, -0.05) is 48.5 Å². The fourth-order valence-corrected chi connectivity index (χ4v) is 3.93. The number of fused-ring (bicyclic) bond motifs is 1. The molecule has 5 heteroatoms. The Morgan fingerprint density at radius 3 is 2.48 bits per heavy atom. The van der Waals surface area contributed by atoms with Crippen LogP contribution < -0.4 is 9.64 Å². The summed E-state index contributed by atoms with van der Waals surface area (Å²) in [6.07, 6.45) is 1.77. The topological polar surface area (TPSA) is 46.6 Å². The molecule has 0 atom stereocenters. The molecule has 4 rings (SSSR count). The van der Waals surface area contributed by atoms with Crippen LogP contribution in [0.1, 0.15) is 12.5 Å². The lowest BCUT2D eigenvalue weighted by Crippen LogP contribution is -2.27. The number of ether oxygens (including phenoxy) is 1. The van der Waals surface area contributed by atoms with Gasteiger partial charge in [0.05, 0.1) is 17.2 Å². The molecule has 3 aromatic carbocycles. The summed E-state index contributed by atoms with van der Waals surface area (Å²) in [4.78, 5) is 27.0. The van der Waals surface area contributed by atoms with E-state index in [1.165, 1.54) is 4.90 Å². The molecule has 1 fully saturated rings. The van der Waals surface area contributed by atoms with Gasteiger partial charge in [0.15, 0.2) is 0 Å². The summed E-state index contributed by atoms with van der Waals surface area (Å²) in [6, 6.07) is 20.8. The first kappa shape index (κ1) is 17.4. The number of carbonyl (C=O) groups excluding carboxylic acids is 2. The molecule has 0 N–H and O–H groups in total. The molecule has 0 saturated carbocycles. The van der Waals surface area contributed by atoms with Crippen LogP contribution in [0.4, 0.5) is 10.5 Å². The van der Waals surface area contributed by atoms with Crippen molar-refractivity contribution < 1.29 is 14.3 Å². The third kappa shape index (κ3) is 3.22. The highest BCUT2D eigenvalue weighted by molar-refractivity contribution is 8.19. The van der Waals surface area contributed by atoms with E-state index in [0.29, 0.717) is 22.9 Å². The maximum atomic E-state index is 12.9. The Hall–Kier alpha value is -3.05. The standard InChI is InChI=1S/C22H17NO3S/c1-2-26-19-13-12-15-8-6-7-11-17(15)18(19)14-20-21(24)23(22(25)27-20)16-9-4-3-5-10-16/h3-14H,2H2,1H3/b20-14-. The second-order valence-corrected chi connectivity index (χ2v) is 6.98. The summed E-state index contributed by atoms with van der Waals surface area (Å²) >= 11 is 0.950. The van der Waals surface area contributed by atoms with Crippen molar-refractivity contribution in [1.29, 1.82) is 0 Å². The number of hydrogen-bond acceptors (Lipinski definition) is 4. The van der Waals surface area contributed by atoms with Crippen LogP contribution in [-0.2, 0) is 4.79 Å². The van der Waals surface area contributed by atoms with Gasteiger partial charge in [0.1, 0.15) is 5.75 Å². The van der Waals surface area contributed by atoms with Crippen LogP contribution in [0.2, 0.25) is 0 Å². The Balaban J connectivity index is 1.81. The second kappa shape index (κ2) is 7.29. The lowest BCUT2D eigenvalue weighted by Gasteiger charge is -2.12. The van der Waals surface area contributed by atoms with E-state index >= 15 is 0 Å². The molecular weight excluding hydrogens is 358 g/mol. The van der Waals surface area contributed by atoms with Gasteiger partial charge in [-0.25, -0.2) is 4.90 Å². The van der Waals surface area contributed by atoms with Crippen LogP contribution in [-0.4, -0.2) is 17.8 Å². The summed E-state index contributed by atoms with van der Waals surface area (Å²) in [5.41, 5.74) is 1.39. The van der Waals surface area contributed by atoms with Crippen LogP contribution in [0, 0.1) is 0 Å². The predicted octanol–water partition coefficient (Wildman–Crippen LogP) is 5.48. The minimum absolute atomic E-state index is 0.296. The van der Waals surface area contributed by atoms with E-state index < -0.39 is 0 Å². The van der Waals surface area contributed by atoms with Crippen molar-refractivity contribution in [2.45, 2.75) is 6.92 Å². The van der Waals surface area contributed by atoms with E-state index in [1.807, 2.05) is 49.4 Å². The van der Waals surface area contributed by atoms with Gasteiger partial charge in [0, 0.05) is 5.56 Å². The molecule has 0 aliphatic carbocycles. The molecule has 1 aliphatic rings. The number of para-hydroxylation sites is 1. The molecule has 0 radical (unpaired) electrons. The van der Waals surface area contributed by atoms with Gasteiger partial charge in [-0.15, -0.1) is 0 Å². The number of thioether (sulfide) groups is 1. The fourth-order valence-electron chi connectivity index (χ4n) is 3.10. The number of carbonyl (C=O) groups is 2. The first-order valence-corrected chi connectivity index (χ1v) is 9.48. The molecule has 3 aromatic rings. The van der Waals surface area contributed by atoms with Gasteiger partial charge >= 0.3 is 0 Å². The number of hydrogen-bond donors (Lipinski definition) is 0. The molecule has 0 spiro atoms. The fraction of sp³-hybridized carbons (Fsp3) is 0.0909. The Kier molecular flexibility index (Phi) is 4.69. The Morgan fingerprint density at radius 2 is 1.70 bits per heavy atom. The third-order valence-electron chi connectivity index (χ3n) is 4.31. The van der Waals surface area contributed by atoms with Crippen molar-refractivity contribution >= 4 is 45.4 Å². The number of anilines is 1. The molecule has 1 aliphatic heterocycles. The summed E-state index contributed by atoms with van der Waals surface area (Å²) in [5, 5.41) is 1.74. The van der Waals surface area contributed by atoms with Crippen molar-refractivity contribution in [3.8, 4) is 5.75 Å². The van der Waals surface area contributed by atoms with Gasteiger partial charge in [0.2, 0.25) is 0 Å². The number of benzene rings is 3. The molecule has 0 unspecified atom stereocenters. The number of rotatable bonds is 4. The Morgan fingerprint density at radius 1 is 0.963 bits per heavy atom. The van der Waals surface area contributed by atoms with Crippen LogP contribution >= 0.6 is 11.8 Å². The normalized spacial score (nSPS) is 15.7. The third-order valence-corrected chi connectivity index (χ3v) is 5.18. The highest BCUT2D eigenvalue weighted by Crippen LogP contribution is 2.38. The summed E-state index contributed by atoms with van der Waals surface area (Å²) in [6.45, 7) is 2.44. The van der Waals surface area contributed by atoms with Crippen LogP contribution in [0.25, 0.3) is 16.8 Å².